The molecule has 0 spiro atoms. The largest absolute Gasteiger partial charge is 0.462 e. The van der Waals surface area contributed by atoms with Crippen LogP contribution in [0.1, 0.15) is 22.8 Å². The van der Waals surface area contributed by atoms with Crippen molar-refractivity contribution in [1.29, 1.82) is 0 Å². The molecule has 0 bridgehead atoms. The standard InChI is InChI=1S/C22H23N3O5/c1-2-30-22(27)18-9-10-19(20(16-18)25(28)29)23-12-14-24(15-13-23)21(26)11-8-17-6-4-3-5-7-17/h3-11,16H,2,12-15H2,1H3/b11-8+. The van der Waals surface area contributed by atoms with Gasteiger partial charge in [0.2, 0.25) is 5.91 Å². The molecule has 1 aliphatic heterocycles. The normalized spacial score (nSPS) is 14.0. The van der Waals surface area contributed by atoms with Crippen molar-refractivity contribution in [1.82, 2.24) is 4.90 Å². The molecule has 8 heteroatoms. The number of piperazine rings is 1. The number of hydrogen-bond donors (Lipinski definition) is 0. The highest BCUT2D eigenvalue weighted by Crippen LogP contribution is 2.30. The summed E-state index contributed by atoms with van der Waals surface area (Å²) in [6.07, 6.45) is 3.31. The van der Waals surface area contributed by atoms with E-state index >= 15 is 0 Å². The first-order valence-electron chi connectivity index (χ1n) is 9.72. The summed E-state index contributed by atoms with van der Waals surface area (Å²) in [5.74, 6) is -0.682. The molecular weight excluding hydrogens is 386 g/mol. The molecule has 1 aliphatic rings. The Morgan fingerprint density at radius 1 is 1.10 bits per heavy atom. The van der Waals surface area contributed by atoms with E-state index in [1.807, 2.05) is 35.2 Å². The van der Waals surface area contributed by atoms with Crippen LogP contribution in [0.2, 0.25) is 0 Å². The molecule has 2 aromatic carbocycles. The second-order valence-electron chi connectivity index (χ2n) is 6.74. The molecule has 8 nitrogen and oxygen atoms in total. The summed E-state index contributed by atoms with van der Waals surface area (Å²) >= 11 is 0. The molecule has 0 radical (unpaired) electrons. The Morgan fingerprint density at radius 2 is 1.80 bits per heavy atom. The summed E-state index contributed by atoms with van der Waals surface area (Å²) in [7, 11) is 0. The Hall–Kier alpha value is -3.68. The lowest BCUT2D eigenvalue weighted by atomic mass is 10.1. The second kappa shape index (κ2) is 9.69. The zero-order valence-electron chi connectivity index (χ0n) is 16.7. The summed E-state index contributed by atoms with van der Waals surface area (Å²) in [6.45, 7) is 3.71. The molecule has 0 atom stereocenters. The van der Waals surface area contributed by atoms with Crippen LogP contribution >= 0.6 is 0 Å². The highest BCUT2D eigenvalue weighted by molar-refractivity contribution is 5.92. The predicted octanol–water partition coefficient (Wildman–Crippen LogP) is 3.13. The van der Waals surface area contributed by atoms with Gasteiger partial charge in [-0.1, -0.05) is 30.3 Å². The van der Waals surface area contributed by atoms with Gasteiger partial charge in [-0.3, -0.25) is 14.9 Å². The molecule has 3 rings (SSSR count). The fraction of sp³-hybridized carbons (Fsp3) is 0.273. The van der Waals surface area contributed by atoms with Gasteiger partial charge in [-0.05, 0) is 30.7 Å². The predicted molar refractivity (Wildman–Crippen MR) is 113 cm³/mol. The summed E-state index contributed by atoms with van der Waals surface area (Å²) in [5, 5.41) is 11.5. The van der Waals surface area contributed by atoms with E-state index in [9.17, 15) is 19.7 Å². The molecule has 0 unspecified atom stereocenters. The average molecular weight is 409 g/mol. The number of ether oxygens (including phenoxy) is 1. The molecule has 1 amide bonds. The molecule has 0 aromatic heterocycles. The summed E-state index contributed by atoms with van der Waals surface area (Å²) in [5.41, 5.74) is 1.37. The van der Waals surface area contributed by atoms with Crippen molar-refractivity contribution in [3.63, 3.8) is 0 Å². The van der Waals surface area contributed by atoms with Gasteiger partial charge in [-0.25, -0.2) is 4.79 Å². The quantitative estimate of drug-likeness (QED) is 0.315. The molecule has 1 fully saturated rings. The van der Waals surface area contributed by atoms with Gasteiger partial charge in [0.05, 0.1) is 17.1 Å². The number of nitro benzene ring substituents is 1. The van der Waals surface area contributed by atoms with E-state index in [2.05, 4.69) is 0 Å². The third-order valence-electron chi connectivity index (χ3n) is 4.83. The Morgan fingerprint density at radius 3 is 2.43 bits per heavy atom. The first kappa shape index (κ1) is 21.0. The van der Waals surface area contributed by atoms with E-state index in [0.717, 1.165) is 5.56 Å². The molecule has 156 valence electrons. The van der Waals surface area contributed by atoms with E-state index < -0.39 is 10.9 Å². The van der Waals surface area contributed by atoms with Crippen LogP contribution in [0.5, 0.6) is 0 Å². The van der Waals surface area contributed by atoms with Crippen molar-refractivity contribution in [2.24, 2.45) is 0 Å². The van der Waals surface area contributed by atoms with Crippen LogP contribution in [0.15, 0.2) is 54.6 Å². The maximum Gasteiger partial charge on any atom is 0.338 e. The van der Waals surface area contributed by atoms with Crippen LogP contribution in [0.25, 0.3) is 6.08 Å². The van der Waals surface area contributed by atoms with Gasteiger partial charge in [-0.2, -0.15) is 0 Å². The maximum atomic E-state index is 12.4. The number of carbonyl (C=O) groups is 2. The average Bonchev–Trinajstić information content (AvgIpc) is 2.78. The number of benzene rings is 2. The molecule has 1 saturated heterocycles. The zero-order valence-corrected chi connectivity index (χ0v) is 16.7. The van der Waals surface area contributed by atoms with Crippen molar-refractivity contribution in [2.45, 2.75) is 6.92 Å². The second-order valence-corrected chi connectivity index (χ2v) is 6.74. The van der Waals surface area contributed by atoms with Gasteiger partial charge < -0.3 is 14.5 Å². The van der Waals surface area contributed by atoms with Gasteiger partial charge in [-0.15, -0.1) is 0 Å². The maximum absolute atomic E-state index is 12.4. The van der Waals surface area contributed by atoms with Crippen LogP contribution in [-0.4, -0.2) is 54.5 Å². The van der Waals surface area contributed by atoms with Gasteiger partial charge >= 0.3 is 5.97 Å². The molecule has 0 aliphatic carbocycles. The first-order valence-corrected chi connectivity index (χ1v) is 9.72. The van der Waals surface area contributed by atoms with Gasteiger partial charge in [0.25, 0.3) is 5.69 Å². The highest BCUT2D eigenvalue weighted by atomic mass is 16.6. The van der Waals surface area contributed by atoms with E-state index in [1.54, 1.807) is 30.0 Å². The number of nitrogens with zero attached hydrogens (tertiary/aromatic N) is 3. The Bertz CT molecular complexity index is 951. The van der Waals surface area contributed by atoms with Gasteiger partial charge in [0.15, 0.2) is 0 Å². The Labute approximate surface area is 174 Å². The smallest absolute Gasteiger partial charge is 0.338 e. The number of hydrogen-bond acceptors (Lipinski definition) is 6. The highest BCUT2D eigenvalue weighted by Gasteiger charge is 2.26. The van der Waals surface area contributed by atoms with Crippen LogP contribution < -0.4 is 4.90 Å². The van der Waals surface area contributed by atoms with Gasteiger partial charge in [0, 0.05) is 38.3 Å². The van der Waals surface area contributed by atoms with Crippen LogP contribution in [-0.2, 0) is 9.53 Å². The number of anilines is 1. The summed E-state index contributed by atoms with van der Waals surface area (Å²) in [6, 6.07) is 13.9. The van der Waals surface area contributed by atoms with Crippen molar-refractivity contribution in [3.05, 3.63) is 75.8 Å². The minimum atomic E-state index is -0.590. The number of esters is 1. The fourth-order valence-corrected chi connectivity index (χ4v) is 3.28. The van der Waals surface area contributed by atoms with Crippen molar-refractivity contribution < 1.29 is 19.2 Å². The summed E-state index contributed by atoms with van der Waals surface area (Å²) in [4.78, 5) is 38.9. The molecule has 30 heavy (non-hydrogen) atoms. The Balaban J connectivity index is 1.67. The van der Waals surface area contributed by atoms with Crippen molar-refractivity contribution in [3.8, 4) is 0 Å². The number of carbonyl (C=O) groups excluding carboxylic acids is 2. The number of amides is 1. The molecule has 0 saturated carbocycles. The molecular formula is C22H23N3O5. The third kappa shape index (κ3) is 5.02. The minimum absolute atomic E-state index is 0.0920. The van der Waals surface area contributed by atoms with E-state index in [0.29, 0.717) is 31.9 Å². The first-order chi connectivity index (χ1) is 14.5. The Kier molecular flexibility index (Phi) is 6.79. The van der Waals surface area contributed by atoms with Crippen molar-refractivity contribution >= 4 is 29.3 Å². The van der Waals surface area contributed by atoms with Crippen molar-refractivity contribution in [2.75, 3.05) is 37.7 Å². The molecule has 0 N–H and O–H groups in total. The minimum Gasteiger partial charge on any atom is -0.462 e. The lowest BCUT2D eigenvalue weighted by Gasteiger charge is -2.35. The zero-order chi connectivity index (χ0) is 21.5. The van der Waals surface area contributed by atoms with Crippen LogP contribution in [0.3, 0.4) is 0 Å². The summed E-state index contributed by atoms with van der Waals surface area (Å²) < 4.78 is 4.92. The number of rotatable bonds is 6. The molecule has 1 heterocycles. The van der Waals surface area contributed by atoms with E-state index in [4.69, 9.17) is 4.74 Å². The van der Waals surface area contributed by atoms with E-state index in [1.165, 1.54) is 12.1 Å². The lowest BCUT2D eigenvalue weighted by molar-refractivity contribution is -0.384. The van der Waals surface area contributed by atoms with Gasteiger partial charge in [0.1, 0.15) is 5.69 Å². The third-order valence-corrected chi connectivity index (χ3v) is 4.83. The topological polar surface area (TPSA) is 93.0 Å². The lowest BCUT2D eigenvalue weighted by Crippen LogP contribution is -2.48. The van der Waals surface area contributed by atoms with Crippen LogP contribution in [0.4, 0.5) is 11.4 Å². The van der Waals surface area contributed by atoms with E-state index in [-0.39, 0.29) is 23.8 Å². The monoisotopic (exact) mass is 409 g/mol. The molecule has 2 aromatic rings. The number of nitro groups is 1. The fourth-order valence-electron chi connectivity index (χ4n) is 3.28. The SMILES string of the molecule is CCOC(=O)c1ccc(N2CCN(C(=O)/C=C/c3ccccc3)CC2)c([N+](=O)[O-])c1. The van der Waals surface area contributed by atoms with Crippen LogP contribution in [0, 0.1) is 10.1 Å².